The highest BCUT2D eigenvalue weighted by Gasteiger charge is 2.32. The summed E-state index contributed by atoms with van der Waals surface area (Å²) in [6, 6.07) is 13.8. The van der Waals surface area contributed by atoms with Gasteiger partial charge in [-0.15, -0.1) is 5.10 Å². The molecule has 1 aliphatic heterocycles. The van der Waals surface area contributed by atoms with Crippen LogP contribution in [0.4, 0.5) is 0 Å². The molecule has 6 rings (SSSR count). The number of benzene rings is 3. The maximum absolute atomic E-state index is 13.2. The molecule has 1 aliphatic carbocycles. The summed E-state index contributed by atoms with van der Waals surface area (Å²) in [6.45, 7) is 0.0439. The van der Waals surface area contributed by atoms with E-state index in [1.54, 1.807) is 28.9 Å². The second-order valence-corrected chi connectivity index (χ2v) is 11.8. The SMILES string of the molecule is O=C(O)c1ccc2c(c1)Oc1ccc(OCc3c(C4CC4)nnn3-c3c(Cl)cccc3Cl)cc1S(=O)(=O)C2. The Balaban J connectivity index is 1.33. The fraction of sp³-hybridized carbons (Fsp3) is 0.192. The van der Waals surface area contributed by atoms with Crippen LogP contribution >= 0.6 is 23.2 Å². The molecule has 0 spiro atoms. The minimum atomic E-state index is -3.81. The summed E-state index contributed by atoms with van der Waals surface area (Å²) in [7, 11) is -3.81. The molecule has 2 heterocycles. The van der Waals surface area contributed by atoms with Gasteiger partial charge in [-0.2, -0.15) is 0 Å². The minimum Gasteiger partial charge on any atom is -0.487 e. The smallest absolute Gasteiger partial charge is 0.335 e. The van der Waals surface area contributed by atoms with Crippen molar-refractivity contribution in [3.05, 3.63) is 87.2 Å². The Kier molecular flexibility index (Phi) is 6.05. The van der Waals surface area contributed by atoms with E-state index in [4.69, 9.17) is 32.7 Å². The summed E-state index contributed by atoms with van der Waals surface area (Å²) in [6.07, 6.45) is 1.97. The first-order valence-corrected chi connectivity index (χ1v) is 14.0. The quantitative estimate of drug-likeness (QED) is 0.308. The van der Waals surface area contributed by atoms with Crippen molar-refractivity contribution in [2.24, 2.45) is 0 Å². The standard InChI is InChI=1S/C26H19Cl2N3O6S/c27-18-2-1-3-19(28)25(18)31-20(24(29-30-31)14-4-5-14)12-36-17-8-9-21-23(11-17)38(34,35)13-16-7-6-15(26(32)33)10-22(16)37-21/h1-3,6-11,14H,4-5,12-13H2,(H,32,33). The third kappa shape index (κ3) is 4.48. The summed E-state index contributed by atoms with van der Waals surface area (Å²) >= 11 is 12.8. The topological polar surface area (TPSA) is 121 Å². The molecule has 0 radical (unpaired) electrons. The first kappa shape index (κ1) is 24.7. The minimum absolute atomic E-state index is 0.000128. The first-order chi connectivity index (χ1) is 18.2. The summed E-state index contributed by atoms with van der Waals surface area (Å²) in [5.41, 5.74) is 2.32. The zero-order valence-electron chi connectivity index (χ0n) is 19.6. The molecule has 0 saturated heterocycles. The third-order valence-corrected chi connectivity index (χ3v) is 8.70. The Hall–Kier alpha value is -3.60. The van der Waals surface area contributed by atoms with Gasteiger partial charge in [-0.05, 0) is 49.2 Å². The number of aromatic carboxylic acids is 1. The van der Waals surface area contributed by atoms with Crippen molar-refractivity contribution in [2.75, 3.05) is 0 Å². The molecule has 1 aromatic heterocycles. The van der Waals surface area contributed by atoms with Gasteiger partial charge in [0.2, 0.25) is 0 Å². The van der Waals surface area contributed by atoms with Crippen molar-refractivity contribution in [3.63, 3.8) is 0 Å². The predicted octanol–water partition coefficient (Wildman–Crippen LogP) is 5.81. The Bertz CT molecular complexity index is 1700. The Morgan fingerprint density at radius 3 is 2.55 bits per heavy atom. The van der Waals surface area contributed by atoms with Crippen LogP contribution in [0.15, 0.2) is 59.5 Å². The second-order valence-electron chi connectivity index (χ2n) is 9.06. The Labute approximate surface area is 227 Å². The number of sulfone groups is 1. The van der Waals surface area contributed by atoms with Gasteiger partial charge < -0.3 is 14.6 Å². The van der Waals surface area contributed by atoms with Gasteiger partial charge in [-0.25, -0.2) is 17.9 Å². The molecule has 38 heavy (non-hydrogen) atoms. The normalized spacial score (nSPS) is 15.6. The highest BCUT2D eigenvalue weighted by atomic mass is 35.5. The fourth-order valence-electron chi connectivity index (χ4n) is 4.35. The molecule has 4 aromatic rings. The molecule has 0 bridgehead atoms. The number of carbonyl (C=O) groups is 1. The van der Waals surface area contributed by atoms with E-state index in [1.807, 2.05) is 0 Å². The van der Waals surface area contributed by atoms with Crippen molar-refractivity contribution in [1.82, 2.24) is 15.0 Å². The molecule has 1 fully saturated rings. The van der Waals surface area contributed by atoms with Gasteiger partial charge in [-0.3, -0.25) is 0 Å². The number of fused-ring (bicyclic) bond motifs is 2. The van der Waals surface area contributed by atoms with Gasteiger partial charge in [0.1, 0.15) is 40.1 Å². The van der Waals surface area contributed by atoms with Gasteiger partial charge in [0, 0.05) is 17.5 Å². The van der Waals surface area contributed by atoms with Crippen LogP contribution in [0.1, 0.15) is 46.1 Å². The number of aromatic nitrogens is 3. The van der Waals surface area contributed by atoms with E-state index in [9.17, 15) is 18.3 Å². The molecule has 12 heteroatoms. The van der Waals surface area contributed by atoms with Crippen LogP contribution in [-0.2, 0) is 22.2 Å². The van der Waals surface area contributed by atoms with Gasteiger partial charge >= 0.3 is 5.97 Å². The van der Waals surface area contributed by atoms with Crippen LogP contribution in [0.3, 0.4) is 0 Å². The van der Waals surface area contributed by atoms with Gasteiger partial charge in [0.15, 0.2) is 9.84 Å². The Morgan fingerprint density at radius 2 is 1.84 bits per heavy atom. The molecular formula is C26H19Cl2N3O6S. The Morgan fingerprint density at radius 1 is 1.08 bits per heavy atom. The molecule has 1 saturated carbocycles. The molecule has 1 N–H and O–H groups in total. The predicted molar refractivity (Wildman–Crippen MR) is 138 cm³/mol. The number of hydrogen-bond donors (Lipinski definition) is 1. The number of ether oxygens (including phenoxy) is 2. The van der Waals surface area contributed by atoms with Crippen LogP contribution < -0.4 is 9.47 Å². The average Bonchev–Trinajstić information content (AvgIpc) is 3.65. The van der Waals surface area contributed by atoms with Crippen molar-refractivity contribution in [2.45, 2.75) is 36.0 Å². The van der Waals surface area contributed by atoms with E-state index >= 15 is 0 Å². The molecule has 3 aromatic carbocycles. The van der Waals surface area contributed by atoms with Crippen LogP contribution in [0.25, 0.3) is 5.69 Å². The van der Waals surface area contributed by atoms with Crippen molar-refractivity contribution >= 4 is 39.0 Å². The lowest BCUT2D eigenvalue weighted by atomic mass is 10.1. The summed E-state index contributed by atoms with van der Waals surface area (Å²) in [5.74, 6) is -0.642. The fourth-order valence-corrected chi connectivity index (χ4v) is 6.43. The van der Waals surface area contributed by atoms with Crippen molar-refractivity contribution in [1.29, 1.82) is 0 Å². The van der Waals surface area contributed by atoms with E-state index in [-0.39, 0.29) is 40.2 Å². The molecule has 0 unspecified atom stereocenters. The number of para-hydroxylation sites is 1. The van der Waals surface area contributed by atoms with E-state index in [0.29, 0.717) is 32.7 Å². The maximum Gasteiger partial charge on any atom is 0.335 e. The maximum atomic E-state index is 13.2. The lowest BCUT2D eigenvalue weighted by Crippen LogP contribution is -2.09. The lowest BCUT2D eigenvalue weighted by molar-refractivity contribution is 0.0696. The molecule has 0 amide bonds. The number of carboxylic acid groups (broad SMARTS) is 1. The first-order valence-electron chi connectivity index (χ1n) is 11.6. The van der Waals surface area contributed by atoms with Gasteiger partial charge in [0.05, 0.1) is 27.1 Å². The zero-order valence-corrected chi connectivity index (χ0v) is 21.9. The summed E-state index contributed by atoms with van der Waals surface area (Å²) < 4.78 is 39.9. The largest absolute Gasteiger partial charge is 0.487 e. The number of rotatable bonds is 6. The average molecular weight is 572 g/mol. The van der Waals surface area contributed by atoms with Crippen LogP contribution in [0.5, 0.6) is 17.2 Å². The van der Waals surface area contributed by atoms with Crippen molar-refractivity contribution < 1.29 is 27.8 Å². The van der Waals surface area contributed by atoms with Crippen molar-refractivity contribution in [3.8, 4) is 22.9 Å². The molecule has 194 valence electrons. The zero-order chi connectivity index (χ0) is 26.6. The van der Waals surface area contributed by atoms with Gasteiger partial charge in [-0.1, -0.05) is 40.5 Å². The molecular weight excluding hydrogens is 553 g/mol. The summed E-state index contributed by atoms with van der Waals surface area (Å²) in [5, 5.41) is 18.8. The van der Waals surface area contributed by atoms with E-state index < -0.39 is 15.8 Å². The van der Waals surface area contributed by atoms with E-state index in [1.165, 1.54) is 30.3 Å². The number of halogens is 2. The monoisotopic (exact) mass is 571 g/mol. The summed E-state index contributed by atoms with van der Waals surface area (Å²) in [4.78, 5) is 11.3. The highest BCUT2D eigenvalue weighted by Crippen LogP contribution is 2.43. The molecule has 0 atom stereocenters. The van der Waals surface area contributed by atoms with E-state index in [0.717, 1.165) is 18.5 Å². The van der Waals surface area contributed by atoms with Crippen LogP contribution in [0, 0.1) is 0 Å². The highest BCUT2D eigenvalue weighted by molar-refractivity contribution is 7.90. The van der Waals surface area contributed by atoms with Crippen LogP contribution in [-0.4, -0.2) is 34.5 Å². The second kappa shape index (κ2) is 9.30. The molecule has 2 aliphatic rings. The van der Waals surface area contributed by atoms with Crippen LogP contribution in [0.2, 0.25) is 10.0 Å². The number of hydrogen-bond acceptors (Lipinski definition) is 7. The third-order valence-electron chi connectivity index (χ3n) is 6.41. The number of nitrogens with zero attached hydrogens (tertiary/aromatic N) is 3. The molecule has 9 nitrogen and oxygen atoms in total. The van der Waals surface area contributed by atoms with Gasteiger partial charge in [0.25, 0.3) is 0 Å². The lowest BCUT2D eigenvalue weighted by Gasteiger charge is -2.14. The number of carboxylic acids is 1. The van der Waals surface area contributed by atoms with E-state index in [2.05, 4.69) is 10.3 Å².